The van der Waals surface area contributed by atoms with Crippen LogP contribution in [0.15, 0.2) is 59.7 Å². The van der Waals surface area contributed by atoms with E-state index in [2.05, 4.69) is 26.7 Å². The number of aromatic amines is 1. The molecule has 3 aromatic rings. The first kappa shape index (κ1) is 21.8. The Morgan fingerprint density at radius 2 is 1.87 bits per heavy atom. The molecule has 1 heterocycles. The number of aliphatic imine (C=N–C) groups is 1. The minimum atomic E-state index is -0.431. The molecular formula is C22H26N6O3. The number of nitrogens with one attached hydrogen (secondary N) is 3. The van der Waals surface area contributed by atoms with Crippen LogP contribution in [0.2, 0.25) is 0 Å². The van der Waals surface area contributed by atoms with Crippen LogP contribution in [0.4, 0.5) is 5.69 Å². The Bertz CT molecular complexity index is 1070. The van der Waals surface area contributed by atoms with E-state index in [0.29, 0.717) is 19.0 Å². The number of nitro groups is 1. The van der Waals surface area contributed by atoms with E-state index in [1.54, 1.807) is 26.2 Å². The van der Waals surface area contributed by atoms with Gasteiger partial charge in [0.15, 0.2) is 5.96 Å². The summed E-state index contributed by atoms with van der Waals surface area (Å²) in [7, 11) is 3.39. The quantitative estimate of drug-likeness (QED) is 0.223. The molecule has 162 valence electrons. The van der Waals surface area contributed by atoms with Crippen LogP contribution < -0.4 is 10.6 Å². The van der Waals surface area contributed by atoms with Crippen molar-refractivity contribution in [3.8, 4) is 0 Å². The zero-order valence-electron chi connectivity index (χ0n) is 17.6. The second kappa shape index (κ2) is 10.2. The second-order valence-corrected chi connectivity index (χ2v) is 7.27. The van der Waals surface area contributed by atoms with Crippen LogP contribution >= 0.6 is 0 Å². The van der Waals surface area contributed by atoms with Gasteiger partial charge in [0, 0.05) is 49.9 Å². The zero-order chi connectivity index (χ0) is 22.2. The number of non-ortho nitro benzene ring substituents is 1. The molecule has 0 atom stereocenters. The molecule has 2 aromatic carbocycles. The highest BCUT2D eigenvalue weighted by atomic mass is 16.6. The van der Waals surface area contributed by atoms with Crippen LogP contribution in [0.1, 0.15) is 11.1 Å². The van der Waals surface area contributed by atoms with Gasteiger partial charge < -0.3 is 20.5 Å². The first-order chi connectivity index (χ1) is 14.9. The third-order valence-corrected chi connectivity index (χ3v) is 4.83. The van der Waals surface area contributed by atoms with E-state index in [1.807, 2.05) is 24.4 Å². The van der Waals surface area contributed by atoms with Crippen LogP contribution in [-0.4, -0.2) is 53.9 Å². The fourth-order valence-electron chi connectivity index (χ4n) is 3.04. The largest absolute Gasteiger partial charge is 0.361 e. The normalized spacial score (nSPS) is 11.4. The summed E-state index contributed by atoms with van der Waals surface area (Å²) in [5, 5.41) is 18.3. The fourth-order valence-corrected chi connectivity index (χ4v) is 3.04. The number of carbonyl (C=O) groups excluding carboxylic acids is 1. The van der Waals surface area contributed by atoms with Crippen molar-refractivity contribution in [2.45, 2.75) is 13.0 Å². The van der Waals surface area contributed by atoms with Crippen molar-refractivity contribution >= 4 is 28.5 Å². The SMILES string of the molecule is CN(C)C(=O)CNC(=NCc1ccc([N+](=O)[O-])cc1)NCCc1c[nH]c2ccccc12. The molecule has 3 rings (SSSR count). The average Bonchev–Trinajstić information content (AvgIpc) is 3.18. The average molecular weight is 422 g/mol. The number of fused-ring (bicyclic) bond motifs is 1. The molecule has 9 heteroatoms. The minimum absolute atomic E-state index is 0.0412. The maximum Gasteiger partial charge on any atom is 0.269 e. The lowest BCUT2D eigenvalue weighted by Gasteiger charge is -2.15. The number of nitro benzene ring substituents is 1. The maximum absolute atomic E-state index is 11.9. The molecule has 3 N–H and O–H groups in total. The number of amides is 1. The number of guanidine groups is 1. The number of aromatic nitrogens is 1. The predicted molar refractivity (Wildman–Crippen MR) is 121 cm³/mol. The highest BCUT2D eigenvalue weighted by molar-refractivity contribution is 5.86. The molecule has 31 heavy (non-hydrogen) atoms. The number of carbonyl (C=O) groups is 1. The first-order valence-corrected chi connectivity index (χ1v) is 9.94. The molecule has 0 saturated heterocycles. The molecule has 0 aliphatic heterocycles. The Balaban J connectivity index is 1.64. The van der Waals surface area contributed by atoms with Gasteiger partial charge in [-0.25, -0.2) is 4.99 Å². The summed E-state index contributed by atoms with van der Waals surface area (Å²) in [6.45, 7) is 1.08. The molecule has 0 spiro atoms. The number of benzene rings is 2. The lowest BCUT2D eigenvalue weighted by atomic mass is 10.1. The van der Waals surface area contributed by atoms with E-state index in [-0.39, 0.29) is 18.1 Å². The molecule has 0 aliphatic carbocycles. The van der Waals surface area contributed by atoms with Gasteiger partial charge in [-0.2, -0.15) is 0 Å². The van der Waals surface area contributed by atoms with Gasteiger partial charge in [0.25, 0.3) is 5.69 Å². The van der Waals surface area contributed by atoms with Gasteiger partial charge in [0.05, 0.1) is 18.0 Å². The van der Waals surface area contributed by atoms with Crippen molar-refractivity contribution in [3.63, 3.8) is 0 Å². The Kier molecular flexibility index (Phi) is 7.21. The van der Waals surface area contributed by atoms with E-state index < -0.39 is 4.92 Å². The molecule has 0 bridgehead atoms. The van der Waals surface area contributed by atoms with Crippen molar-refractivity contribution in [2.24, 2.45) is 4.99 Å². The van der Waals surface area contributed by atoms with Gasteiger partial charge in [-0.15, -0.1) is 0 Å². The Morgan fingerprint density at radius 3 is 2.58 bits per heavy atom. The highest BCUT2D eigenvalue weighted by Crippen LogP contribution is 2.17. The number of likely N-dealkylation sites (N-methyl/N-ethyl adjacent to an activating group) is 1. The summed E-state index contributed by atoms with van der Waals surface area (Å²) in [5.41, 5.74) is 3.17. The minimum Gasteiger partial charge on any atom is -0.361 e. The molecule has 9 nitrogen and oxygen atoms in total. The van der Waals surface area contributed by atoms with Crippen molar-refractivity contribution in [1.29, 1.82) is 0 Å². The van der Waals surface area contributed by atoms with Crippen LogP contribution in [0.3, 0.4) is 0 Å². The monoisotopic (exact) mass is 422 g/mol. The van der Waals surface area contributed by atoms with Crippen LogP contribution in [0, 0.1) is 10.1 Å². The molecule has 0 unspecified atom stereocenters. The Labute approximate surface area is 180 Å². The van der Waals surface area contributed by atoms with Gasteiger partial charge >= 0.3 is 0 Å². The third-order valence-electron chi connectivity index (χ3n) is 4.83. The van der Waals surface area contributed by atoms with Gasteiger partial charge in [-0.1, -0.05) is 30.3 Å². The second-order valence-electron chi connectivity index (χ2n) is 7.27. The van der Waals surface area contributed by atoms with E-state index >= 15 is 0 Å². The van der Waals surface area contributed by atoms with Gasteiger partial charge in [0.1, 0.15) is 0 Å². The number of hydrogen-bond donors (Lipinski definition) is 3. The van der Waals surface area contributed by atoms with Gasteiger partial charge in [0.2, 0.25) is 5.91 Å². The van der Waals surface area contributed by atoms with Crippen LogP contribution in [-0.2, 0) is 17.8 Å². The van der Waals surface area contributed by atoms with E-state index in [4.69, 9.17) is 0 Å². The number of H-pyrrole nitrogens is 1. The molecule has 1 aromatic heterocycles. The van der Waals surface area contributed by atoms with Gasteiger partial charge in [-0.05, 0) is 23.6 Å². The van der Waals surface area contributed by atoms with E-state index in [0.717, 1.165) is 17.5 Å². The smallest absolute Gasteiger partial charge is 0.269 e. The molecule has 0 saturated carbocycles. The summed E-state index contributed by atoms with van der Waals surface area (Å²) in [6.07, 6.45) is 2.78. The molecule has 0 aliphatic rings. The van der Waals surface area contributed by atoms with Crippen molar-refractivity contribution in [1.82, 2.24) is 20.5 Å². The summed E-state index contributed by atoms with van der Waals surface area (Å²) in [6, 6.07) is 14.4. The van der Waals surface area contributed by atoms with Crippen LogP contribution in [0.25, 0.3) is 10.9 Å². The summed E-state index contributed by atoms with van der Waals surface area (Å²) in [5.74, 6) is 0.440. The summed E-state index contributed by atoms with van der Waals surface area (Å²) >= 11 is 0. The molecule has 0 radical (unpaired) electrons. The molecule has 1 amide bonds. The number of para-hydroxylation sites is 1. The Morgan fingerprint density at radius 1 is 1.13 bits per heavy atom. The number of nitrogens with zero attached hydrogens (tertiary/aromatic N) is 3. The topological polar surface area (TPSA) is 116 Å². The Hall–Kier alpha value is -3.88. The predicted octanol–water partition coefficient (Wildman–Crippen LogP) is 2.44. The zero-order valence-corrected chi connectivity index (χ0v) is 17.6. The third kappa shape index (κ3) is 6.05. The molecular weight excluding hydrogens is 396 g/mol. The summed E-state index contributed by atoms with van der Waals surface area (Å²) in [4.78, 5) is 31.6. The lowest BCUT2D eigenvalue weighted by molar-refractivity contribution is -0.384. The van der Waals surface area contributed by atoms with Crippen molar-refractivity contribution < 1.29 is 9.72 Å². The van der Waals surface area contributed by atoms with Gasteiger partial charge in [-0.3, -0.25) is 14.9 Å². The number of hydrogen-bond acceptors (Lipinski definition) is 4. The van der Waals surface area contributed by atoms with Crippen molar-refractivity contribution in [3.05, 3.63) is 76.0 Å². The van der Waals surface area contributed by atoms with E-state index in [9.17, 15) is 14.9 Å². The fraction of sp³-hybridized carbons (Fsp3) is 0.273. The first-order valence-electron chi connectivity index (χ1n) is 9.94. The highest BCUT2D eigenvalue weighted by Gasteiger charge is 2.08. The van der Waals surface area contributed by atoms with Crippen LogP contribution in [0.5, 0.6) is 0 Å². The lowest BCUT2D eigenvalue weighted by Crippen LogP contribution is -2.43. The van der Waals surface area contributed by atoms with E-state index in [1.165, 1.54) is 28.0 Å². The van der Waals surface area contributed by atoms with Crippen molar-refractivity contribution in [2.75, 3.05) is 27.2 Å². The summed E-state index contributed by atoms with van der Waals surface area (Å²) < 4.78 is 0. The maximum atomic E-state index is 11.9. The number of rotatable bonds is 8. The molecule has 0 fully saturated rings. The standard InChI is InChI=1S/C22H26N6O3/c1-27(2)21(29)15-26-22(25-13-16-7-9-18(10-8-16)28(30)31)23-12-11-17-14-24-20-6-4-3-5-19(17)20/h3-10,14,24H,11-13,15H2,1-2H3,(H2,23,25,26).